The van der Waals surface area contributed by atoms with Crippen LogP contribution in [-0.2, 0) is 5.41 Å². The lowest BCUT2D eigenvalue weighted by molar-refractivity contribution is 0.457. The Hall–Kier alpha value is -4.04. The molecule has 0 aromatic heterocycles. The minimum absolute atomic E-state index is 0.634. The zero-order chi connectivity index (χ0) is 23.0. The fraction of sp³-hybridized carbons (Fsp3) is 0.0968. The van der Waals surface area contributed by atoms with Gasteiger partial charge in [-0.3, -0.25) is 0 Å². The van der Waals surface area contributed by atoms with E-state index in [0.717, 1.165) is 33.8 Å². The first kappa shape index (κ1) is 20.8. The van der Waals surface area contributed by atoms with Crippen LogP contribution in [0.5, 0.6) is 11.5 Å². The van der Waals surface area contributed by atoms with Gasteiger partial charge in [0.15, 0.2) is 0 Å². The molecule has 0 heterocycles. The van der Waals surface area contributed by atoms with Crippen LogP contribution < -0.4 is 9.47 Å². The lowest BCUT2D eigenvalue weighted by Crippen LogP contribution is -2.29. The average Bonchev–Trinajstić information content (AvgIpc) is 3.11. The normalized spacial score (nSPS) is 13.0. The third-order valence-corrected chi connectivity index (χ3v) is 6.46. The van der Waals surface area contributed by atoms with E-state index in [4.69, 9.17) is 9.47 Å². The van der Waals surface area contributed by atoms with Gasteiger partial charge in [0.05, 0.1) is 17.9 Å². The second-order valence-corrected chi connectivity index (χ2v) is 8.41. The van der Waals surface area contributed by atoms with Crippen molar-refractivity contribution in [2.24, 2.45) is 0 Å². The van der Waals surface area contributed by atoms with Gasteiger partial charge >= 0.3 is 0 Å². The molecule has 0 N–H and O–H groups in total. The quantitative estimate of drug-likeness (QED) is 0.257. The van der Waals surface area contributed by atoms with Crippen LogP contribution in [0, 0.1) is 13.8 Å². The molecule has 5 rings (SSSR count). The third kappa shape index (κ3) is 3.10. The molecule has 4 aromatic rings. The van der Waals surface area contributed by atoms with Crippen LogP contribution in [0.1, 0.15) is 33.4 Å². The molecule has 1 aliphatic rings. The number of hydrogen-bond acceptors (Lipinski definition) is 2. The fourth-order valence-corrected chi connectivity index (χ4v) is 5.21. The largest absolute Gasteiger partial charge is 0.465 e. The highest BCUT2D eigenvalue weighted by Gasteiger charge is 2.49. The second kappa shape index (κ2) is 8.14. The predicted molar refractivity (Wildman–Crippen MR) is 135 cm³/mol. The van der Waals surface area contributed by atoms with Crippen molar-refractivity contribution in [1.82, 2.24) is 0 Å². The van der Waals surface area contributed by atoms with Crippen molar-refractivity contribution in [2.45, 2.75) is 19.3 Å². The van der Waals surface area contributed by atoms with Crippen LogP contribution in [0.15, 0.2) is 111 Å². The Labute approximate surface area is 195 Å². The van der Waals surface area contributed by atoms with Gasteiger partial charge in [0.1, 0.15) is 11.5 Å². The Morgan fingerprint density at radius 3 is 1.42 bits per heavy atom. The van der Waals surface area contributed by atoms with Gasteiger partial charge in [0, 0.05) is 11.1 Å². The Morgan fingerprint density at radius 1 is 0.576 bits per heavy atom. The highest BCUT2D eigenvalue weighted by molar-refractivity contribution is 5.87. The van der Waals surface area contributed by atoms with Gasteiger partial charge in [0.25, 0.3) is 0 Å². The zero-order valence-corrected chi connectivity index (χ0v) is 19.0. The van der Waals surface area contributed by atoms with Crippen LogP contribution in [0.25, 0.3) is 11.1 Å². The Balaban J connectivity index is 2.00. The smallest absolute Gasteiger partial charge is 0.131 e. The summed E-state index contributed by atoms with van der Waals surface area (Å²) >= 11 is 0. The highest BCUT2D eigenvalue weighted by atomic mass is 16.5. The Bertz CT molecular complexity index is 1270. The molecule has 0 amide bonds. The molecule has 4 aromatic carbocycles. The van der Waals surface area contributed by atoms with Crippen LogP contribution in [-0.4, -0.2) is 0 Å². The molecular formula is C31H26O2. The molecule has 0 saturated carbocycles. The van der Waals surface area contributed by atoms with E-state index in [1.807, 2.05) is 0 Å². The average molecular weight is 431 g/mol. The predicted octanol–water partition coefficient (Wildman–Crippen LogP) is 7.71. The van der Waals surface area contributed by atoms with E-state index >= 15 is 0 Å². The lowest BCUT2D eigenvalue weighted by Gasteiger charge is -2.36. The monoisotopic (exact) mass is 430 g/mol. The van der Waals surface area contributed by atoms with Gasteiger partial charge < -0.3 is 9.47 Å². The molecule has 0 atom stereocenters. The SMILES string of the molecule is C=COc1cc(C)ccc1C1(c2ccc(C)cc2OC=C)c2ccccc2-c2ccccc21. The lowest BCUT2D eigenvalue weighted by atomic mass is 9.67. The summed E-state index contributed by atoms with van der Waals surface area (Å²) in [5.41, 5.74) is 8.51. The van der Waals surface area contributed by atoms with Crippen LogP contribution in [0.3, 0.4) is 0 Å². The molecule has 0 unspecified atom stereocenters. The molecule has 0 aliphatic heterocycles. The molecule has 0 saturated heterocycles. The Kier molecular flexibility index (Phi) is 5.14. The van der Waals surface area contributed by atoms with Gasteiger partial charge in [-0.05, 0) is 59.4 Å². The minimum atomic E-state index is -0.634. The molecule has 0 spiro atoms. The first-order chi connectivity index (χ1) is 16.1. The van der Waals surface area contributed by atoms with Gasteiger partial charge in [-0.25, -0.2) is 0 Å². The molecular weight excluding hydrogens is 404 g/mol. The van der Waals surface area contributed by atoms with Gasteiger partial charge in [-0.1, -0.05) is 86.0 Å². The van der Waals surface area contributed by atoms with Crippen molar-refractivity contribution in [1.29, 1.82) is 0 Å². The van der Waals surface area contributed by atoms with Crippen molar-refractivity contribution >= 4 is 0 Å². The number of benzene rings is 4. The number of rotatable bonds is 6. The standard InChI is InChI=1S/C31H26O2/c1-5-32-29-19-21(3)15-17-27(29)31(28-18-16-22(4)20-30(28)33-6-2)25-13-9-7-11-23(25)24-12-8-10-14-26(24)31/h5-20H,1-2H2,3-4H3. The summed E-state index contributed by atoms with van der Waals surface area (Å²) < 4.78 is 12.1. The third-order valence-electron chi connectivity index (χ3n) is 6.46. The maximum atomic E-state index is 6.03. The van der Waals surface area contributed by atoms with Crippen LogP contribution >= 0.6 is 0 Å². The van der Waals surface area contributed by atoms with E-state index in [0.29, 0.717) is 0 Å². The Morgan fingerprint density at radius 2 is 1.00 bits per heavy atom. The van der Waals surface area contributed by atoms with E-state index in [-0.39, 0.29) is 0 Å². The number of fused-ring (bicyclic) bond motifs is 3. The van der Waals surface area contributed by atoms with Gasteiger partial charge in [0.2, 0.25) is 0 Å². The molecule has 0 bridgehead atoms. The summed E-state index contributed by atoms with van der Waals surface area (Å²) in [6.07, 6.45) is 2.99. The van der Waals surface area contributed by atoms with Crippen molar-refractivity contribution in [3.05, 3.63) is 144 Å². The summed E-state index contributed by atoms with van der Waals surface area (Å²) in [6, 6.07) is 30.0. The second-order valence-electron chi connectivity index (χ2n) is 8.41. The van der Waals surface area contributed by atoms with Gasteiger partial charge in [-0.15, -0.1) is 0 Å². The van der Waals surface area contributed by atoms with Crippen molar-refractivity contribution in [2.75, 3.05) is 0 Å². The number of aryl methyl sites for hydroxylation is 2. The molecule has 33 heavy (non-hydrogen) atoms. The van der Waals surface area contributed by atoms with Gasteiger partial charge in [-0.2, -0.15) is 0 Å². The summed E-state index contributed by atoms with van der Waals surface area (Å²) in [5, 5.41) is 0. The van der Waals surface area contributed by atoms with E-state index in [2.05, 4.69) is 112 Å². The van der Waals surface area contributed by atoms with E-state index in [1.54, 1.807) is 0 Å². The van der Waals surface area contributed by atoms with Crippen molar-refractivity contribution in [3.63, 3.8) is 0 Å². The molecule has 1 aliphatic carbocycles. The maximum Gasteiger partial charge on any atom is 0.131 e. The maximum absolute atomic E-state index is 6.03. The summed E-state index contributed by atoms with van der Waals surface area (Å²) in [7, 11) is 0. The van der Waals surface area contributed by atoms with Crippen LogP contribution in [0.4, 0.5) is 0 Å². The molecule has 2 nitrogen and oxygen atoms in total. The first-order valence-corrected chi connectivity index (χ1v) is 11.1. The number of ether oxygens (including phenoxy) is 2. The number of hydrogen-bond donors (Lipinski definition) is 0. The summed E-state index contributed by atoms with van der Waals surface area (Å²) in [6.45, 7) is 11.8. The highest BCUT2D eigenvalue weighted by Crippen LogP contribution is 2.59. The topological polar surface area (TPSA) is 18.5 Å². The molecule has 0 fully saturated rings. The molecule has 2 heteroatoms. The van der Waals surface area contributed by atoms with E-state index < -0.39 is 5.41 Å². The minimum Gasteiger partial charge on any atom is -0.465 e. The zero-order valence-electron chi connectivity index (χ0n) is 19.0. The van der Waals surface area contributed by atoms with E-state index in [9.17, 15) is 0 Å². The van der Waals surface area contributed by atoms with Crippen molar-refractivity contribution < 1.29 is 9.47 Å². The summed E-state index contributed by atoms with van der Waals surface area (Å²) in [4.78, 5) is 0. The van der Waals surface area contributed by atoms with E-state index in [1.165, 1.54) is 34.8 Å². The van der Waals surface area contributed by atoms with Crippen LogP contribution in [0.2, 0.25) is 0 Å². The first-order valence-electron chi connectivity index (χ1n) is 11.1. The summed E-state index contributed by atoms with van der Waals surface area (Å²) in [5.74, 6) is 1.56. The molecule has 162 valence electrons. The fourth-order valence-electron chi connectivity index (χ4n) is 5.21. The molecule has 0 radical (unpaired) electrons. The van der Waals surface area contributed by atoms with Crippen molar-refractivity contribution in [3.8, 4) is 22.6 Å².